The van der Waals surface area contributed by atoms with E-state index in [0.717, 1.165) is 0 Å². The van der Waals surface area contributed by atoms with Crippen LogP contribution in [0.15, 0.2) is 108 Å². The molecule has 0 saturated carbocycles. The van der Waals surface area contributed by atoms with Gasteiger partial charge in [-0.15, -0.1) is 0 Å². The van der Waals surface area contributed by atoms with Crippen LogP contribution in [-0.4, -0.2) is 13.1 Å². The highest BCUT2D eigenvalue weighted by Crippen LogP contribution is 2.58. The number of ether oxygens (including phenoxy) is 1. The summed E-state index contributed by atoms with van der Waals surface area (Å²) in [5.74, 6) is 0.280. The highest BCUT2D eigenvalue weighted by Gasteiger charge is 2.47. The molecular formula is C25H22O3P+. The highest BCUT2D eigenvalue weighted by molar-refractivity contribution is 7.95. The molecule has 4 rings (SSSR count). The van der Waals surface area contributed by atoms with E-state index < -0.39 is 7.26 Å². The monoisotopic (exact) mass is 401 g/mol. The Morgan fingerprint density at radius 1 is 0.759 bits per heavy atom. The third-order valence-corrected chi connectivity index (χ3v) is 9.42. The van der Waals surface area contributed by atoms with E-state index in [1.54, 1.807) is 12.3 Å². The van der Waals surface area contributed by atoms with Crippen LogP contribution in [0.4, 0.5) is 0 Å². The Bertz CT molecular complexity index is 976. The number of hydrogen-bond acceptors (Lipinski definition) is 3. The van der Waals surface area contributed by atoms with Crippen molar-refractivity contribution in [3.8, 4) is 0 Å². The summed E-state index contributed by atoms with van der Waals surface area (Å²) in [5.41, 5.74) is 0.486. The quantitative estimate of drug-likeness (QED) is 0.351. The number of rotatable bonds is 6. The molecule has 3 nitrogen and oxygen atoms in total. The molecular weight excluding hydrogens is 379 g/mol. The summed E-state index contributed by atoms with van der Waals surface area (Å²) in [6, 6.07) is 33.2. The number of hydrogen-bond donors (Lipinski definition) is 0. The maximum Gasteiger partial charge on any atom is 0.341 e. The summed E-state index contributed by atoms with van der Waals surface area (Å²) in [7, 11) is -0.725. The lowest BCUT2D eigenvalue weighted by Gasteiger charge is -2.27. The maximum absolute atomic E-state index is 12.3. The van der Waals surface area contributed by atoms with Gasteiger partial charge >= 0.3 is 5.97 Å². The molecule has 0 amide bonds. The van der Waals surface area contributed by atoms with Crippen LogP contribution < -0.4 is 15.9 Å². The third-order valence-electron chi connectivity index (χ3n) is 5.12. The van der Waals surface area contributed by atoms with E-state index in [4.69, 9.17) is 9.15 Å². The van der Waals surface area contributed by atoms with E-state index in [2.05, 4.69) is 72.8 Å². The molecule has 29 heavy (non-hydrogen) atoms. The molecule has 4 heteroatoms. The summed E-state index contributed by atoms with van der Waals surface area (Å²) in [4.78, 5) is 12.3. The number of methoxy groups -OCH3 is 1. The molecule has 0 radical (unpaired) electrons. The van der Waals surface area contributed by atoms with Crippen LogP contribution in [0.5, 0.6) is 0 Å². The van der Waals surface area contributed by atoms with Gasteiger partial charge in [0.15, 0.2) is 5.76 Å². The number of carbonyl (C=O) groups is 1. The molecule has 144 valence electrons. The maximum atomic E-state index is 12.3. The number of esters is 1. The molecule has 0 aliphatic carbocycles. The van der Waals surface area contributed by atoms with Crippen LogP contribution >= 0.6 is 7.26 Å². The molecule has 0 aliphatic heterocycles. The fourth-order valence-electron chi connectivity index (χ4n) is 3.74. The van der Waals surface area contributed by atoms with Crippen LogP contribution in [0.3, 0.4) is 0 Å². The SMILES string of the molecule is COC(=O)c1ccoc1C[P+](c1ccccc1)(c1ccccc1)c1ccccc1. The second-order valence-corrected chi connectivity index (χ2v) is 10.2. The molecule has 0 saturated heterocycles. The fraction of sp³-hybridized carbons (Fsp3) is 0.0800. The first kappa shape index (κ1) is 19.2. The first-order chi connectivity index (χ1) is 14.3. The van der Waals surface area contributed by atoms with Crippen LogP contribution in [0.1, 0.15) is 16.1 Å². The largest absolute Gasteiger partial charge is 0.465 e. The number of benzene rings is 3. The van der Waals surface area contributed by atoms with E-state index >= 15 is 0 Å². The Balaban J connectivity index is 1.99. The van der Waals surface area contributed by atoms with Crippen molar-refractivity contribution in [2.45, 2.75) is 6.16 Å². The molecule has 0 unspecified atom stereocenters. The Morgan fingerprint density at radius 2 is 1.21 bits per heavy atom. The normalized spacial score (nSPS) is 11.2. The van der Waals surface area contributed by atoms with Crippen molar-refractivity contribution in [1.29, 1.82) is 0 Å². The average Bonchev–Trinajstić information content (AvgIpc) is 3.27. The second kappa shape index (κ2) is 8.46. The standard InChI is InChI=1S/C25H22O3P/c1-27-25(26)23-17-18-28-24(23)19-29(20-11-5-2-6-12-20,21-13-7-3-8-14-21)22-15-9-4-10-16-22/h2-18H,19H2,1H3/q+1. The summed E-state index contributed by atoms with van der Waals surface area (Å²) in [6.45, 7) is 0. The zero-order valence-electron chi connectivity index (χ0n) is 16.2. The van der Waals surface area contributed by atoms with Crippen molar-refractivity contribution in [2.75, 3.05) is 7.11 Å². The van der Waals surface area contributed by atoms with Crippen LogP contribution in [-0.2, 0) is 10.9 Å². The van der Waals surface area contributed by atoms with E-state index in [1.807, 2.05) is 18.2 Å². The Labute approximate surface area is 171 Å². The van der Waals surface area contributed by atoms with Gasteiger partial charge in [0.25, 0.3) is 0 Å². The fourth-order valence-corrected chi connectivity index (χ4v) is 7.90. The van der Waals surface area contributed by atoms with Crippen LogP contribution in [0, 0.1) is 0 Å². The Morgan fingerprint density at radius 3 is 1.62 bits per heavy atom. The van der Waals surface area contributed by atoms with Crippen molar-refractivity contribution in [3.05, 3.63) is 115 Å². The second-order valence-electron chi connectivity index (χ2n) is 6.72. The van der Waals surface area contributed by atoms with Crippen molar-refractivity contribution >= 4 is 29.1 Å². The van der Waals surface area contributed by atoms with Gasteiger partial charge in [0, 0.05) is 0 Å². The van der Waals surface area contributed by atoms with Gasteiger partial charge in [-0.05, 0) is 42.5 Å². The highest BCUT2D eigenvalue weighted by atomic mass is 31.2. The number of furan rings is 1. The van der Waals surface area contributed by atoms with E-state index in [9.17, 15) is 4.79 Å². The molecule has 0 atom stereocenters. The van der Waals surface area contributed by atoms with Crippen LogP contribution in [0.25, 0.3) is 0 Å². The molecule has 1 aromatic heterocycles. The average molecular weight is 401 g/mol. The molecule has 0 bridgehead atoms. The predicted molar refractivity (Wildman–Crippen MR) is 119 cm³/mol. The van der Waals surface area contributed by atoms with Crippen molar-refractivity contribution in [1.82, 2.24) is 0 Å². The van der Waals surface area contributed by atoms with Crippen LogP contribution in [0.2, 0.25) is 0 Å². The molecule has 0 aliphatic rings. The van der Waals surface area contributed by atoms with E-state index in [1.165, 1.54) is 23.0 Å². The molecule has 4 aromatic rings. The van der Waals surface area contributed by atoms with E-state index in [0.29, 0.717) is 17.5 Å². The summed E-state index contributed by atoms with van der Waals surface area (Å²) in [6.07, 6.45) is 2.17. The zero-order chi connectivity index (χ0) is 20.1. The first-order valence-electron chi connectivity index (χ1n) is 9.45. The third kappa shape index (κ3) is 3.62. The van der Waals surface area contributed by atoms with Gasteiger partial charge < -0.3 is 9.15 Å². The number of carbonyl (C=O) groups excluding carboxylic acids is 1. The van der Waals surface area contributed by atoms with Gasteiger partial charge in [-0.3, -0.25) is 0 Å². The van der Waals surface area contributed by atoms with Crippen molar-refractivity contribution < 1.29 is 13.9 Å². The minimum atomic E-state index is -2.12. The lowest BCUT2D eigenvalue weighted by molar-refractivity contribution is 0.0598. The summed E-state index contributed by atoms with van der Waals surface area (Å²) < 4.78 is 10.8. The molecule has 3 aromatic carbocycles. The summed E-state index contributed by atoms with van der Waals surface area (Å²) >= 11 is 0. The predicted octanol–water partition coefficient (Wildman–Crippen LogP) is 4.56. The lowest BCUT2D eigenvalue weighted by atomic mass is 10.3. The Hall–Kier alpha value is -3.16. The van der Waals surface area contributed by atoms with Gasteiger partial charge in [0.05, 0.1) is 13.4 Å². The summed E-state index contributed by atoms with van der Waals surface area (Å²) in [5, 5.41) is 3.72. The van der Waals surface area contributed by atoms with Gasteiger partial charge in [0.2, 0.25) is 0 Å². The molecule has 0 fully saturated rings. The smallest absolute Gasteiger partial charge is 0.341 e. The topological polar surface area (TPSA) is 39.4 Å². The Kier molecular flexibility index (Phi) is 5.59. The molecule has 0 N–H and O–H groups in total. The minimum Gasteiger partial charge on any atom is -0.465 e. The van der Waals surface area contributed by atoms with Gasteiger partial charge in [-0.2, -0.15) is 0 Å². The minimum absolute atomic E-state index is 0.374. The van der Waals surface area contributed by atoms with Crippen molar-refractivity contribution in [3.63, 3.8) is 0 Å². The van der Waals surface area contributed by atoms with Gasteiger partial charge in [0.1, 0.15) is 34.9 Å². The van der Waals surface area contributed by atoms with E-state index in [-0.39, 0.29) is 5.97 Å². The lowest BCUT2D eigenvalue weighted by Crippen LogP contribution is -2.32. The van der Waals surface area contributed by atoms with Gasteiger partial charge in [-0.1, -0.05) is 54.6 Å². The molecule has 0 spiro atoms. The first-order valence-corrected chi connectivity index (χ1v) is 11.4. The van der Waals surface area contributed by atoms with Gasteiger partial charge in [-0.25, -0.2) is 4.79 Å². The zero-order valence-corrected chi connectivity index (χ0v) is 17.1. The molecule has 1 heterocycles. The van der Waals surface area contributed by atoms with Crippen molar-refractivity contribution in [2.24, 2.45) is 0 Å².